The van der Waals surface area contributed by atoms with Crippen molar-refractivity contribution in [3.63, 3.8) is 0 Å². The van der Waals surface area contributed by atoms with Crippen LogP contribution in [0.4, 0.5) is 0 Å². The van der Waals surface area contributed by atoms with E-state index in [9.17, 15) is 4.79 Å². The minimum Gasteiger partial charge on any atom is -0.340 e. The molecule has 2 N–H and O–H groups in total. The van der Waals surface area contributed by atoms with Crippen molar-refractivity contribution in [3.8, 4) is 0 Å². The molecule has 2 aromatic heterocycles. The number of benzene rings is 2. The summed E-state index contributed by atoms with van der Waals surface area (Å²) in [4.78, 5) is 21.5. The highest BCUT2D eigenvalue weighted by Crippen LogP contribution is 2.41. The Labute approximate surface area is 188 Å². The number of carbonyl (C=O) groups excluding carboxylic acids is 1. The molecule has 1 amide bonds. The summed E-state index contributed by atoms with van der Waals surface area (Å²) in [6.07, 6.45) is 2.97. The average molecular weight is 428 g/mol. The molecule has 1 fully saturated rings. The zero-order chi connectivity index (χ0) is 22.3. The largest absolute Gasteiger partial charge is 0.340 e. The third-order valence-corrected chi connectivity index (χ3v) is 5.93. The Morgan fingerprint density at radius 3 is 2.53 bits per heavy atom. The van der Waals surface area contributed by atoms with Crippen molar-refractivity contribution >= 4 is 16.9 Å². The van der Waals surface area contributed by atoms with Gasteiger partial charge in [0.1, 0.15) is 11.5 Å². The summed E-state index contributed by atoms with van der Waals surface area (Å²) in [6, 6.07) is 19.8. The van der Waals surface area contributed by atoms with Crippen LogP contribution in [-0.4, -0.2) is 25.7 Å². The molecule has 0 bridgehead atoms. The molecule has 0 radical (unpaired) electrons. The molecule has 0 aliphatic heterocycles. The van der Waals surface area contributed by atoms with Gasteiger partial charge in [-0.2, -0.15) is 5.10 Å². The summed E-state index contributed by atoms with van der Waals surface area (Å²) in [5.74, 6) is 1.09. The Morgan fingerprint density at radius 2 is 1.84 bits per heavy atom. The predicted molar refractivity (Wildman–Crippen MR) is 126 cm³/mol. The average Bonchev–Trinajstić information content (AvgIpc) is 3.35. The monoisotopic (exact) mass is 427 g/mol. The van der Waals surface area contributed by atoms with Gasteiger partial charge in [-0.3, -0.25) is 9.48 Å². The van der Waals surface area contributed by atoms with E-state index in [0.717, 1.165) is 28.1 Å². The number of fused-ring (bicyclic) bond motifs is 1. The molecule has 32 heavy (non-hydrogen) atoms. The van der Waals surface area contributed by atoms with Crippen LogP contribution in [0.3, 0.4) is 0 Å². The summed E-state index contributed by atoms with van der Waals surface area (Å²) in [5, 5.41) is 7.92. The summed E-state index contributed by atoms with van der Waals surface area (Å²) < 4.78 is 2.02. The SMILES string of the molecule is CC(C)(C)n1nc(C(=O)N[C@@H](Cc2ccccc2)c2nc3ccccc3[nH]2)cc1C1CC1. The van der Waals surface area contributed by atoms with E-state index in [4.69, 9.17) is 10.1 Å². The number of hydrogen-bond donors (Lipinski definition) is 2. The maximum Gasteiger partial charge on any atom is 0.272 e. The van der Waals surface area contributed by atoms with Gasteiger partial charge < -0.3 is 10.3 Å². The number of para-hydroxylation sites is 2. The molecule has 2 heterocycles. The summed E-state index contributed by atoms with van der Waals surface area (Å²) >= 11 is 0. The number of hydrogen-bond acceptors (Lipinski definition) is 3. The maximum atomic E-state index is 13.3. The topological polar surface area (TPSA) is 75.6 Å². The second-order valence-electron chi connectivity index (χ2n) is 9.67. The quantitative estimate of drug-likeness (QED) is 0.449. The van der Waals surface area contributed by atoms with Gasteiger partial charge in [-0.05, 0) is 63.8 Å². The van der Waals surface area contributed by atoms with Crippen LogP contribution < -0.4 is 5.32 Å². The van der Waals surface area contributed by atoms with Crippen LogP contribution in [0, 0.1) is 0 Å². The highest BCUT2D eigenvalue weighted by Gasteiger charge is 2.33. The molecule has 0 saturated heterocycles. The Morgan fingerprint density at radius 1 is 1.12 bits per heavy atom. The summed E-state index contributed by atoms with van der Waals surface area (Å²) in [7, 11) is 0. The minimum atomic E-state index is -0.290. The normalized spacial score (nSPS) is 15.1. The van der Waals surface area contributed by atoms with E-state index in [0.29, 0.717) is 18.0 Å². The molecule has 6 heteroatoms. The number of rotatable bonds is 6. The van der Waals surface area contributed by atoms with Gasteiger partial charge in [-0.15, -0.1) is 0 Å². The van der Waals surface area contributed by atoms with Crippen molar-refractivity contribution < 1.29 is 4.79 Å². The standard InChI is InChI=1S/C26H29N5O/c1-26(2,3)31-23(18-13-14-18)16-22(30-31)25(32)29-21(15-17-9-5-4-6-10-17)24-27-19-11-7-8-12-20(19)28-24/h4-12,16,18,21H,13-15H2,1-3H3,(H,27,28)(H,29,32)/t21-/m0/s1. The van der Waals surface area contributed by atoms with Crippen molar-refractivity contribution in [3.05, 3.63) is 83.4 Å². The Balaban J connectivity index is 1.46. The zero-order valence-electron chi connectivity index (χ0n) is 18.8. The number of amides is 1. The van der Waals surface area contributed by atoms with Crippen LogP contribution >= 0.6 is 0 Å². The van der Waals surface area contributed by atoms with Gasteiger partial charge in [0.25, 0.3) is 5.91 Å². The number of carbonyl (C=O) groups is 1. The van der Waals surface area contributed by atoms with Gasteiger partial charge in [0.2, 0.25) is 0 Å². The Bertz CT molecular complexity index is 1210. The summed E-state index contributed by atoms with van der Waals surface area (Å²) in [5.41, 5.74) is 4.45. The number of imidazole rings is 1. The van der Waals surface area contributed by atoms with E-state index < -0.39 is 0 Å². The highest BCUT2D eigenvalue weighted by molar-refractivity contribution is 5.92. The second kappa shape index (κ2) is 7.93. The fourth-order valence-electron chi connectivity index (χ4n) is 4.15. The molecule has 0 unspecified atom stereocenters. The number of H-pyrrole nitrogens is 1. The summed E-state index contributed by atoms with van der Waals surface area (Å²) in [6.45, 7) is 6.38. The smallest absolute Gasteiger partial charge is 0.272 e. The lowest BCUT2D eigenvalue weighted by molar-refractivity contribution is 0.0928. The second-order valence-corrected chi connectivity index (χ2v) is 9.67. The number of aromatic amines is 1. The third-order valence-electron chi connectivity index (χ3n) is 5.93. The molecule has 6 nitrogen and oxygen atoms in total. The van der Waals surface area contributed by atoms with Crippen molar-refractivity contribution in [2.24, 2.45) is 0 Å². The van der Waals surface area contributed by atoms with Crippen LogP contribution in [0.5, 0.6) is 0 Å². The van der Waals surface area contributed by atoms with E-state index in [1.165, 1.54) is 12.8 Å². The van der Waals surface area contributed by atoms with E-state index in [2.05, 4.69) is 43.2 Å². The van der Waals surface area contributed by atoms with Crippen LogP contribution in [0.2, 0.25) is 0 Å². The molecular weight excluding hydrogens is 398 g/mol. The Kier molecular flexibility index (Phi) is 5.08. The predicted octanol–water partition coefficient (Wildman–Crippen LogP) is 5.11. The van der Waals surface area contributed by atoms with Crippen molar-refractivity contribution in [1.82, 2.24) is 25.1 Å². The van der Waals surface area contributed by atoms with E-state index in [-0.39, 0.29) is 17.5 Å². The highest BCUT2D eigenvalue weighted by atomic mass is 16.2. The molecule has 5 rings (SSSR count). The van der Waals surface area contributed by atoms with Crippen LogP contribution in [0.25, 0.3) is 11.0 Å². The number of nitrogens with one attached hydrogen (secondary N) is 2. The van der Waals surface area contributed by atoms with Crippen molar-refractivity contribution in [2.75, 3.05) is 0 Å². The first-order valence-corrected chi connectivity index (χ1v) is 11.3. The van der Waals surface area contributed by atoms with Crippen LogP contribution in [0.1, 0.15) is 73.1 Å². The molecule has 1 aliphatic carbocycles. The fourth-order valence-corrected chi connectivity index (χ4v) is 4.15. The lowest BCUT2D eigenvalue weighted by Crippen LogP contribution is -2.32. The van der Waals surface area contributed by atoms with Gasteiger partial charge in [0, 0.05) is 11.6 Å². The van der Waals surface area contributed by atoms with Gasteiger partial charge in [0.05, 0.1) is 22.6 Å². The minimum absolute atomic E-state index is 0.168. The first-order chi connectivity index (χ1) is 15.4. The third kappa shape index (κ3) is 4.17. The maximum absolute atomic E-state index is 13.3. The number of nitrogens with zero attached hydrogens (tertiary/aromatic N) is 3. The van der Waals surface area contributed by atoms with Crippen LogP contribution in [-0.2, 0) is 12.0 Å². The molecule has 164 valence electrons. The van der Waals surface area contributed by atoms with E-state index >= 15 is 0 Å². The first-order valence-electron chi connectivity index (χ1n) is 11.3. The van der Waals surface area contributed by atoms with E-state index in [1.54, 1.807) is 0 Å². The lowest BCUT2D eigenvalue weighted by atomic mass is 10.1. The zero-order valence-corrected chi connectivity index (χ0v) is 18.8. The molecule has 1 atom stereocenters. The van der Waals surface area contributed by atoms with E-state index in [1.807, 2.05) is 53.2 Å². The molecule has 1 saturated carbocycles. The van der Waals surface area contributed by atoms with Gasteiger partial charge in [-0.1, -0.05) is 42.5 Å². The fraction of sp³-hybridized carbons (Fsp3) is 0.346. The van der Waals surface area contributed by atoms with Crippen LogP contribution in [0.15, 0.2) is 60.7 Å². The Hall–Kier alpha value is -3.41. The molecule has 4 aromatic rings. The first kappa shape index (κ1) is 20.5. The van der Waals surface area contributed by atoms with Gasteiger partial charge >= 0.3 is 0 Å². The van der Waals surface area contributed by atoms with Crippen molar-refractivity contribution in [1.29, 1.82) is 0 Å². The van der Waals surface area contributed by atoms with Gasteiger partial charge in [0.15, 0.2) is 0 Å². The molecule has 1 aliphatic rings. The van der Waals surface area contributed by atoms with Crippen molar-refractivity contribution in [2.45, 2.75) is 57.5 Å². The lowest BCUT2D eigenvalue weighted by Gasteiger charge is -2.22. The molecular formula is C26H29N5O. The molecule has 0 spiro atoms. The van der Waals surface area contributed by atoms with Gasteiger partial charge in [-0.25, -0.2) is 4.98 Å². The molecule has 2 aromatic carbocycles. The number of aromatic nitrogens is 4.